The van der Waals surface area contributed by atoms with Crippen LogP contribution in [0, 0.1) is 17.2 Å². The molecule has 1 unspecified atom stereocenters. The number of piperazine rings is 1. The molecular formula is C15H26N4O3. The third-order valence-corrected chi connectivity index (χ3v) is 4.05. The van der Waals surface area contributed by atoms with E-state index in [0.29, 0.717) is 32.8 Å². The zero-order valence-corrected chi connectivity index (χ0v) is 13.9. The number of hydrogen-bond acceptors (Lipinski definition) is 5. The molecule has 0 spiro atoms. The van der Waals surface area contributed by atoms with E-state index < -0.39 is 5.54 Å². The molecule has 1 aliphatic rings. The molecule has 7 nitrogen and oxygen atoms in total. The molecule has 1 saturated heterocycles. The molecule has 1 aliphatic heterocycles. The topological polar surface area (TPSA) is 85.7 Å². The third kappa shape index (κ3) is 4.88. The molecule has 124 valence electrons. The number of carbonyl (C=O) groups excluding carboxylic acids is 2. The molecule has 1 atom stereocenters. The molecule has 0 radical (unpaired) electrons. The van der Waals surface area contributed by atoms with Crippen LogP contribution in [0.1, 0.15) is 27.7 Å². The Bertz CT molecular complexity index is 439. The number of ether oxygens (including phenoxy) is 1. The lowest BCUT2D eigenvalue weighted by atomic mass is 9.90. The zero-order chi connectivity index (χ0) is 16.8. The SMILES string of the molecule is CCOC(=O)N1CCN(CC(=O)NC(C)(C#N)C(C)C)CC1. The van der Waals surface area contributed by atoms with Gasteiger partial charge in [-0.25, -0.2) is 4.79 Å². The third-order valence-electron chi connectivity index (χ3n) is 4.05. The molecule has 1 heterocycles. The van der Waals surface area contributed by atoms with Crippen LogP contribution in [0.5, 0.6) is 0 Å². The number of carbonyl (C=O) groups is 2. The fraction of sp³-hybridized carbons (Fsp3) is 0.800. The van der Waals surface area contributed by atoms with Crippen molar-refractivity contribution in [3.05, 3.63) is 0 Å². The number of nitrogens with zero attached hydrogens (tertiary/aromatic N) is 3. The van der Waals surface area contributed by atoms with E-state index in [2.05, 4.69) is 11.4 Å². The summed E-state index contributed by atoms with van der Waals surface area (Å²) in [4.78, 5) is 27.3. The van der Waals surface area contributed by atoms with E-state index in [-0.39, 0.29) is 24.5 Å². The molecule has 0 aromatic carbocycles. The van der Waals surface area contributed by atoms with Crippen molar-refractivity contribution in [2.45, 2.75) is 33.2 Å². The first-order valence-corrected chi connectivity index (χ1v) is 7.68. The average Bonchev–Trinajstić information content (AvgIpc) is 2.47. The fourth-order valence-electron chi connectivity index (χ4n) is 2.14. The summed E-state index contributed by atoms with van der Waals surface area (Å²) in [6, 6.07) is 2.16. The Hall–Kier alpha value is -1.81. The molecule has 0 aromatic heterocycles. The van der Waals surface area contributed by atoms with E-state index in [4.69, 9.17) is 4.74 Å². The first-order chi connectivity index (χ1) is 10.3. The van der Waals surface area contributed by atoms with E-state index in [9.17, 15) is 14.9 Å². The maximum Gasteiger partial charge on any atom is 0.409 e. The summed E-state index contributed by atoms with van der Waals surface area (Å²) in [5.74, 6) is -0.135. The predicted octanol–water partition coefficient (Wildman–Crippen LogP) is 0.815. The van der Waals surface area contributed by atoms with E-state index in [0.717, 1.165) is 0 Å². The molecule has 1 N–H and O–H groups in total. The lowest BCUT2D eigenvalue weighted by molar-refractivity contribution is -0.124. The molecule has 0 saturated carbocycles. The van der Waals surface area contributed by atoms with Gasteiger partial charge in [-0.05, 0) is 19.8 Å². The molecule has 0 bridgehead atoms. The van der Waals surface area contributed by atoms with Gasteiger partial charge in [0.15, 0.2) is 0 Å². The van der Waals surface area contributed by atoms with E-state index in [1.807, 2.05) is 18.7 Å². The van der Waals surface area contributed by atoms with Crippen molar-refractivity contribution in [3.8, 4) is 6.07 Å². The van der Waals surface area contributed by atoms with Gasteiger partial charge in [0.2, 0.25) is 5.91 Å². The van der Waals surface area contributed by atoms with E-state index in [1.54, 1.807) is 18.7 Å². The number of nitrogens with one attached hydrogen (secondary N) is 1. The Morgan fingerprint density at radius 1 is 1.32 bits per heavy atom. The Morgan fingerprint density at radius 2 is 1.91 bits per heavy atom. The van der Waals surface area contributed by atoms with Crippen LogP contribution in [0.2, 0.25) is 0 Å². The first kappa shape index (κ1) is 18.2. The standard InChI is InChI=1S/C15H26N4O3/c1-5-22-14(21)19-8-6-18(7-9-19)10-13(20)17-15(4,11-16)12(2)3/h12H,5-10H2,1-4H3,(H,17,20). The number of hydrogen-bond donors (Lipinski definition) is 1. The number of rotatable bonds is 5. The number of nitriles is 1. The molecule has 1 rings (SSSR count). The number of amides is 2. The van der Waals surface area contributed by atoms with Crippen LogP contribution < -0.4 is 5.32 Å². The highest BCUT2D eigenvalue weighted by atomic mass is 16.6. The van der Waals surface area contributed by atoms with Gasteiger partial charge in [0.25, 0.3) is 0 Å². The van der Waals surface area contributed by atoms with Crippen LogP contribution in [0.4, 0.5) is 4.79 Å². The Morgan fingerprint density at radius 3 is 2.36 bits per heavy atom. The summed E-state index contributed by atoms with van der Waals surface area (Å²) in [6.45, 7) is 10.3. The molecule has 22 heavy (non-hydrogen) atoms. The van der Waals surface area contributed by atoms with Crippen LogP contribution in [0.25, 0.3) is 0 Å². The molecule has 0 aromatic rings. The van der Waals surface area contributed by atoms with E-state index in [1.165, 1.54) is 0 Å². The Labute approximate surface area is 132 Å². The van der Waals surface area contributed by atoms with Gasteiger partial charge in [0.05, 0.1) is 19.2 Å². The van der Waals surface area contributed by atoms with Crippen molar-refractivity contribution in [1.29, 1.82) is 5.26 Å². The predicted molar refractivity (Wildman–Crippen MR) is 82.0 cm³/mol. The highest BCUT2D eigenvalue weighted by molar-refractivity contribution is 5.79. The van der Waals surface area contributed by atoms with Crippen LogP contribution in [-0.2, 0) is 9.53 Å². The van der Waals surface area contributed by atoms with E-state index >= 15 is 0 Å². The van der Waals surface area contributed by atoms with Crippen molar-refractivity contribution >= 4 is 12.0 Å². The summed E-state index contributed by atoms with van der Waals surface area (Å²) in [6.07, 6.45) is -0.302. The highest BCUT2D eigenvalue weighted by Crippen LogP contribution is 2.15. The monoisotopic (exact) mass is 310 g/mol. The first-order valence-electron chi connectivity index (χ1n) is 7.68. The minimum Gasteiger partial charge on any atom is -0.450 e. The quantitative estimate of drug-likeness (QED) is 0.812. The molecule has 7 heteroatoms. The second-order valence-corrected chi connectivity index (χ2v) is 5.98. The van der Waals surface area contributed by atoms with Crippen molar-refractivity contribution in [2.75, 3.05) is 39.3 Å². The van der Waals surface area contributed by atoms with Crippen molar-refractivity contribution in [1.82, 2.24) is 15.1 Å². The summed E-state index contributed by atoms with van der Waals surface area (Å²) in [5.41, 5.74) is -0.857. The summed E-state index contributed by atoms with van der Waals surface area (Å²) >= 11 is 0. The van der Waals surface area contributed by atoms with Crippen LogP contribution >= 0.6 is 0 Å². The van der Waals surface area contributed by atoms with Crippen molar-refractivity contribution in [3.63, 3.8) is 0 Å². The largest absolute Gasteiger partial charge is 0.450 e. The highest BCUT2D eigenvalue weighted by Gasteiger charge is 2.31. The van der Waals surface area contributed by atoms with Gasteiger partial charge in [0.1, 0.15) is 5.54 Å². The summed E-state index contributed by atoms with van der Waals surface area (Å²) in [7, 11) is 0. The van der Waals surface area contributed by atoms with Gasteiger partial charge in [0, 0.05) is 26.2 Å². The van der Waals surface area contributed by atoms with Gasteiger partial charge >= 0.3 is 6.09 Å². The molecule has 2 amide bonds. The van der Waals surface area contributed by atoms with Crippen LogP contribution in [0.15, 0.2) is 0 Å². The lowest BCUT2D eigenvalue weighted by Crippen LogP contribution is -2.55. The summed E-state index contributed by atoms with van der Waals surface area (Å²) < 4.78 is 4.96. The van der Waals surface area contributed by atoms with Crippen LogP contribution in [-0.4, -0.2) is 66.7 Å². The normalized spacial score (nSPS) is 18.5. The molecule has 0 aliphatic carbocycles. The maximum absolute atomic E-state index is 12.1. The van der Waals surface area contributed by atoms with Gasteiger partial charge in [-0.3, -0.25) is 9.69 Å². The second-order valence-electron chi connectivity index (χ2n) is 5.98. The van der Waals surface area contributed by atoms with Crippen LogP contribution in [0.3, 0.4) is 0 Å². The average molecular weight is 310 g/mol. The zero-order valence-electron chi connectivity index (χ0n) is 13.9. The maximum atomic E-state index is 12.1. The van der Waals surface area contributed by atoms with Gasteiger partial charge in [-0.2, -0.15) is 5.26 Å². The smallest absolute Gasteiger partial charge is 0.409 e. The minimum atomic E-state index is -0.857. The Balaban J connectivity index is 2.42. The fourth-order valence-corrected chi connectivity index (χ4v) is 2.14. The van der Waals surface area contributed by atoms with Crippen molar-refractivity contribution in [2.24, 2.45) is 5.92 Å². The molecule has 1 fully saturated rings. The Kier molecular flexibility index (Phi) is 6.62. The second kappa shape index (κ2) is 7.99. The summed E-state index contributed by atoms with van der Waals surface area (Å²) in [5, 5.41) is 12.0. The minimum absolute atomic E-state index is 0.0297. The van der Waals surface area contributed by atoms with Crippen molar-refractivity contribution < 1.29 is 14.3 Å². The van der Waals surface area contributed by atoms with Gasteiger partial charge in [-0.1, -0.05) is 13.8 Å². The molecular weight excluding hydrogens is 284 g/mol. The van der Waals surface area contributed by atoms with Gasteiger partial charge in [-0.15, -0.1) is 0 Å². The van der Waals surface area contributed by atoms with Gasteiger partial charge < -0.3 is 15.0 Å². The lowest BCUT2D eigenvalue weighted by Gasteiger charge is -2.34.